The Balaban J connectivity index is 1.38. The lowest BCUT2D eigenvalue weighted by atomic mass is 10.0. The highest BCUT2D eigenvalue weighted by Gasteiger charge is 2.32. The predicted molar refractivity (Wildman–Crippen MR) is 104 cm³/mol. The van der Waals surface area contributed by atoms with Crippen molar-refractivity contribution in [2.75, 3.05) is 6.54 Å². The summed E-state index contributed by atoms with van der Waals surface area (Å²) in [6.45, 7) is 1.02. The van der Waals surface area contributed by atoms with Gasteiger partial charge in [-0.05, 0) is 41.5 Å². The van der Waals surface area contributed by atoms with Crippen LogP contribution in [-0.4, -0.2) is 49.9 Å². The molecule has 1 aromatic carbocycles. The topological polar surface area (TPSA) is 104 Å². The van der Waals surface area contributed by atoms with Crippen molar-refractivity contribution >= 4 is 23.2 Å². The van der Waals surface area contributed by atoms with Crippen LogP contribution in [0.25, 0.3) is 11.4 Å². The van der Waals surface area contributed by atoms with Crippen molar-refractivity contribution in [3.63, 3.8) is 0 Å². The standard InChI is InChI=1S/C19H20N6O2S/c26-18(15-4-1-2-10-25(15)19(27)16-5-3-11-28-16)20-12-13-6-8-14(9-7-13)17-21-23-24-22-17/h3,5-9,11,15H,1-2,4,10,12H2,(H,20,26)(H,21,22,23,24). The summed E-state index contributed by atoms with van der Waals surface area (Å²) in [6.07, 6.45) is 2.57. The van der Waals surface area contributed by atoms with Crippen molar-refractivity contribution in [1.82, 2.24) is 30.8 Å². The van der Waals surface area contributed by atoms with Crippen molar-refractivity contribution in [2.45, 2.75) is 31.8 Å². The minimum atomic E-state index is -0.415. The number of aromatic nitrogens is 4. The van der Waals surface area contributed by atoms with Crippen LogP contribution in [0.1, 0.15) is 34.5 Å². The summed E-state index contributed by atoms with van der Waals surface area (Å²) >= 11 is 1.41. The zero-order valence-corrected chi connectivity index (χ0v) is 16.0. The number of nitrogens with one attached hydrogen (secondary N) is 2. The van der Waals surface area contributed by atoms with Crippen molar-refractivity contribution < 1.29 is 9.59 Å². The summed E-state index contributed by atoms with van der Waals surface area (Å²) in [5.41, 5.74) is 1.82. The lowest BCUT2D eigenvalue weighted by Crippen LogP contribution is -2.51. The number of thiophene rings is 1. The Bertz CT molecular complexity index is 924. The van der Waals surface area contributed by atoms with Crippen LogP contribution < -0.4 is 5.32 Å². The van der Waals surface area contributed by atoms with Gasteiger partial charge in [-0.1, -0.05) is 30.3 Å². The number of hydrogen-bond acceptors (Lipinski definition) is 6. The minimum absolute atomic E-state index is 0.0562. The van der Waals surface area contributed by atoms with E-state index in [0.29, 0.717) is 30.2 Å². The first-order valence-corrected chi connectivity index (χ1v) is 10.1. The summed E-state index contributed by atoms with van der Waals surface area (Å²) in [5, 5.41) is 18.7. The molecule has 4 rings (SSSR count). The lowest BCUT2D eigenvalue weighted by molar-refractivity contribution is -0.126. The number of hydrogen-bond donors (Lipinski definition) is 2. The van der Waals surface area contributed by atoms with E-state index in [1.807, 2.05) is 41.8 Å². The smallest absolute Gasteiger partial charge is 0.264 e. The Hall–Kier alpha value is -3.07. The number of amides is 2. The van der Waals surface area contributed by atoms with Gasteiger partial charge in [-0.2, -0.15) is 5.21 Å². The van der Waals surface area contributed by atoms with Crippen molar-refractivity contribution in [3.8, 4) is 11.4 Å². The first-order chi connectivity index (χ1) is 13.7. The third kappa shape index (κ3) is 3.94. The largest absolute Gasteiger partial charge is 0.350 e. The molecule has 0 radical (unpaired) electrons. The van der Waals surface area contributed by atoms with Gasteiger partial charge in [0, 0.05) is 18.7 Å². The second-order valence-corrected chi connectivity index (χ2v) is 7.59. The maximum atomic E-state index is 12.8. The molecule has 1 unspecified atom stereocenters. The van der Waals surface area contributed by atoms with E-state index in [1.54, 1.807) is 4.90 Å². The molecular weight excluding hydrogens is 376 g/mol. The lowest BCUT2D eigenvalue weighted by Gasteiger charge is -2.34. The highest BCUT2D eigenvalue weighted by molar-refractivity contribution is 7.12. The third-order valence-corrected chi connectivity index (χ3v) is 5.68. The van der Waals surface area contributed by atoms with Crippen molar-refractivity contribution in [3.05, 3.63) is 52.2 Å². The van der Waals surface area contributed by atoms with Crippen LogP contribution >= 0.6 is 11.3 Å². The summed E-state index contributed by atoms with van der Waals surface area (Å²) in [5.74, 6) is 0.367. The molecule has 9 heteroatoms. The molecule has 0 saturated carbocycles. The van der Waals surface area contributed by atoms with Crippen molar-refractivity contribution in [1.29, 1.82) is 0 Å². The molecule has 0 spiro atoms. The number of nitrogens with zero attached hydrogens (tertiary/aromatic N) is 4. The number of tetrazole rings is 1. The number of carbonyl (C=O) groups excluding carboxylic acids is 2. The SMILES string of the molecule is O=C(NCc1ccc(-c2nn[nH]n2)cc1)C1CCCCN1C(=O)c1cccs1. The Labute approximate surface area is 166 Å². The van der Waals surface area contributed by atoms with E-state index in [-0.39, 0.29) is 11.8 Å². The van der Waals surface area contributed by atoms with E-state index < -0.39 is 6.04 Å². The molecule has 1 saturated heterocycles. The molecule has 2 amide bonds. The summed E-state index contributed by atoms with van der Waals surface area (Å²) in [6, 6.07) is 10.9. The van der Waals surface area contributed by atoms with Gasteiger partial charge in [0.25, 0.3) is 5.91 Å². The van der Waals surface area contributed by atoms with Crippen LogP contribution in [0.2, 0.25) is 0 Å². The normalized spacial score (nSPS) is 16.7. The molecule has 8 nitrogen and oxygen atoms in total. The van der Waals surface area contributed by atoms with E-state index >= 15 is 0 Å². The van der Waals surface area contributed by atoms with Gasteiger partial charge >= 0.3 is 0 Å². The van der Waals surface area contributed by atoms with Gasteiger partial charge in [0.1, 0.15) is 6.04 Å². The second-order valence-electron chi connectivity index (χ2n) is 6.64. The number of rotatable bonds is 5. The number of likely N-dealkylation sites (tertiary alicyclic amines) is 1. The Kier molecular flexibility index (Phi) is 5.43. The fraction of sp³-hybridized carbons (Fsp3) is 0.316. The van der Waals surface area contributed by atoms with E-state index in [4.69, 9.17) is 0 Å². The first kappa shape index (κ1) is 18.3. The summed E-state index contributed by atoms with van der Waals surface area (Å²) in [4.78, 5) is 27.9. The fourth-order valence-corrected chi connectivity index (χ4v) is 4.03. The Morgan fingerprint density at radius 2 is 2.07 bits per heavy atom. The molecule has 1 fully saturated rings. The summed E-state index contributed by atoms with van der Waals surface area (Å²) < 4.78 is 0. The summed E-state index contributed by atoms with van der Waals surface area (Å²) in [7, 11) is 0. The number of H-pyrrole nitrogens is 1. The van der Waals surface area contributed by atoms with Gasteiger partial charge in [-0.3, -0.25) is 9.59 Å². The highest BCUT2D eigenvalue weighted by Crippen LogP contribution is 2.22. The average molecular weight is 396 g/mol. The molecule has 0 bridgehead atoms. The molecule has 3 heterocycles. The number of piperidine rings is 1. The van der Waals surface area contributed by atoms with E-state index in [2.05, 4.69) is 25.9 Å². The average Bonchev–Trinajstić information content (AvgIpc) is 3.46. The van der Waals surface area contributed by atoms with Crippen LogP contribution in [0.5, 0.6) is 0 Å². The molecule has 2 aromatic heterocycles. The first-order valence-electron chi connectivity index (χ1n) is 9.17. The number of aromatic amines is 1. The van der Waals surface area contributed by atoms with Crippen LogP contribution in [0.3, 0.4) is 0 Å². The Morgan fingerprint density at radius 3 is 2.79 bits per heavy atom. The molecule has 2 N–H and O–H groups in total. The van der Waals surface area contributed by atoms with Gasteiger partial charge in [0.2, 0.25) is 11.7 Å². The van der Waals surface area contributed by atoms with Gasteiger partial charge in [0.15, 0.2) is 0 Å². The van der Waals surface area contributed by atoms with Gasteiger partial charge in [-0.15, -0.1) is 21.5 Å². The third-order valence-electron chi connectivity index (χ3n) is 4.82. The fourth-order valence-electron chi connectivity index (χ4n) is 3.35. The zero-order chi connectivity index (χ0) is 19.3. The molecule has 0 aliphatic carbocycles. The van der Waals surface area contributed by atoms with Crippen LogP contribution in [0, 0.1) is 0 Å². The number of carbonyl (C=O) groups is 2. The van der Waals surface area contributed by atoms with Gasteiger partial charge in [-0.25, -0.2) is 0 Å². The molecule has 144 valence electrons. The second kappa shape index (κ2) is 8.30. The molecule has 3 aromatic rings. The molecule has 1 aliphatic heterocycles. The minimum Gasteiger partial charge on any atom is -0.350 e. The highest BCUT2D eigenvalue weighted by atomic mass is 32.1. The maximum Gasteiger partial charge on any atom is 0.264 e. The van der Waals surface area contributed by atoms with Crippen LogP contribution in [-0.2, 0) is 11.3 Å². The molecule has 1 atom stereocenters. The van der Waals surface area contributed by atoms with Gasteiger partial charge < -0.3 is 10.2 Å². The molecule has 28 heavy (non-hydrogen) atoms. The predicted octanol–water partition coefficient (Wildman–Crippen LogP) is 2.24. The maximum absolute atomic E-state index is 12.8. The molecular formula is C19H20N6O2S. The van der Waals surface area contributed by atoms with E-state index in [1.165, 1.54) is 11.3 Å². The quantitative estimate of drug-likeness (QED) is 0.688. The van der Waals surface area contributed by atoms with Crippen LogP contribution in [0.4, 0.5) is 0 Å². The number of benzene rings is 1. The molecule has 1 aliphatic rings. The van der Waals surface area contributed by atoms with E-state index in [9.17, 15) is 9.59 Å². The monoisotopic (exact) mass is 396 g/mol. The van der Waals surface area contributed by atoms with Gasteiger partial charge in [0.05, 0.1) is 4.88 Å². The Morgan fingerprint density at radius 1 is 1.21 bits per heavy atom. The van der Waals surface area contributed by atoms with Crippen molar-refractivity contribution in [2.24, 2.45) is 0 Å². The van der Waals surface area contributed by atoms with E-state index in [0.717, 1.165) is 24.0 Å². The zero-order valence-electron chi connectivity index (χ0n) is 15.2. The van der Waals surface area contributed by atoms with Crippen LogP contribution in [0.15, 0.2) is 41.8 Å².